The van der Waals surface area contributed by atoms with Gasteiger partial charge in [-0.3, -0.25) is 14.9 Å². The Labute approximate surface area is 165 Å². The zero-order valence-corrected chi connectivity index (χ0v) is 16.0. The first-order valence-corrected chi connectivity index (χ1v) is 9.56. The fourth-order valence-corrected chi connectivity index (χ4v) is 3.69. The highest BCUT2D eigenvalue weighted by molar-refractivity contribution is 8.18. The number of nitrogens with one attached hydrogen (secondary N) is 2. The Morgan fingerprint density at radius 3 is 2.57 bits per heavy atom. The predicted molar refractivity (Wildman–Crippen MR) is 110 cm³/mol. The lowest BCUT2D eigenvalue weighted by atomic mass is 10.1. The monoisotopic (exact) mass is 394 g/mol. The number of hydrogen-bond donors (Lipinski definition) is 2. The zero-order valence-electron chi connectivity index (χ0n) is 15.2. The van der Waals surface area contributed by atoms with Crippen molar-refractivity contribution in [3.8, 4) is 11.5 Å². The summed E-state index contributed by atoms with van der Waals surface area (Å²) in [6.07, 6.45) is 4.44. The number of aromatic nitrogens is 1. The highest BCUT2D eigenvalue weighted by Gasteiger charge is 2.24. The number of thioether (sulfide) groups is 1. The first-order valence-electron chi connectivity index (χ1n) is 8.74. The lowest BCUT2D eigenvalue weighted by molar-refractivity contribution is -0.115. The molecule has 142 valence electrons. The van der Waals surface area contributed by atoms with E-state index in [1.165, 1.54) is 5.56 Å². The fourth-order valence-electron chi connectivity index (χ4n) is 3.00. The lowest BCUT2D eigenvalue weighted by Gasteiger charge is -2.07. The topological polar surface area (TPSA) is 80.4 Å². The number of H-pyrrole nitrogens is 1. The van der Waals surface area contributed by atoms with Gasteiger partial charge in [0.15, 0.2) is 0 Å². The molecule has 0 atom stereocenters. The smallest absolute Gasteiger partial charge is 0.290 e. The third kappa shape index (κ3) is 3.89. The third-order valence-corrected chi connectivity index (χ3v) is 5.25. The Kier molecular flexibility index (Phi) is 5.08. The number of methoxy groups -OCH3 is 1. The van der Waals surface area contributed by atoms with Crippen LogP contribution in [-0.2, 0) is 11.2 Å². The van der Waals surface area contributed by atoms with Crippen molar-refractivity contribution in [3.05, 3.63) is 64.7 Å². The number of carbonyl (C=O) groups excluding carboxylic acids is 2. The minimum Gasteiger partial charge on any atom is -0.497 e. The van der Waals surface area contributed by atoms with E-state index in [1.54, 1.807) is 13.2 Å². The van der Waals surface area contributed by atoms with Crippen molar-refractivity contribution in [2.45, 2.75) is 6.42 Å². The van der Waals surface area contributed by atoms with Crippen LogP contribution in [-0.4, -0.2) is 29.8 Å². The molecule has 2 amide bonds. The molecule has 2 aromatic carbocycles. The SMILES string of the molecule is COc1ccc2[nH]cc(CCOc3ccc(/C=C4\SC(=O)NC4=O)cc3)c2c1. The summed E-state index contributed by atoms with van der Waals surface area (Å²) >= 11 is 0.907. The number of amides is 2. The van der Waals surface area contributed by atoms with E-state index in [2.05, 4.69) is 10.3 Å². The van der Waals surface area contributed by atoms with E-state index in [-0.39, 0.29) is 11.1 Å². The summed E-state index contributed by atoms with van der Waals surface area (Å²) in [5.74, 6) is 1.22. The van der Waals surface area contributed by atoms with Crippen LogP contribution in [0.5, 0.6) is 11.5 Å². The van der Waals surface area contributed by atoms with E-state index in [4.69, 9.17) is 9.47 Å². The van der Waals surface area contributed by atoms with Crippen LogP contribution in [0, 0.1) is 0 Å². The summed E-state index contributed by atoms with van der Waals surface area (Å²) in [5, 5.41) is 3.03. The van der Waals surface area contributed by atoms with Crippen LogP contribution in [0.2, 0.25) is 0 Å². The quantitative estimate of drug-likeness (QED) is 0.615. The van der Waals surface area contributed by atoms with Gasteiger partial charge in [-0.15, -0.1) is 0 Å². The molecule has 1 aliphatic heterocycles. The van der Waals surface area contributed by atoms with Gasteiger partial charge in [0.05, 0.1) is 18.6 Å². The van der Waals surface area contributed by atoms with Gasteiger partial charge in [0.2, 0.25) is 0 Å². The Morgan fingerprint density at radius 1 is 1.07 bits per heavy atom. The molecule has 0 aliphatic carbocycles. The van der Waals surface area contributed by atoms with Gasteiger partial charge in [0.25, 0.3) is 11.1 Å². The second-order valence-corrected chi connectivity index (χ2v) is 7.26. The molecule has 1 saturated heterocycles. The summed E-state index contributed by atoms with van der Waals surface area (Å²) in [6.45, 7) is 0.539. The fraction of sp³-hybridized carbons (Fsp3) is 0.143. The molecule has 1 aliphatic rings. The van der Waals surface area contributed by atoms with E-state index in [1.807, 2.05) is 48.7 Å². The van der Waals surface area contributed by atoms with Crippen molar-refractivity contribution in [2.75, 3.05) is 13.7 Å². The number of fused-ring (bicyclic) bond motifs is 1. The Balaban J connectivity index is 1.37. The molecule has 4 rings (SSSR count). The van der Waals surface area contributed by atoms with Crippen LogP contribution >= 0.6 is 11.8 Å². The average molecular weight is 394 g/mol. The second-order valence-electron chi connectivity index (χ2n) is 6.25. The van der Waals surface area contributed by atoms with Crippen molar-refractivity contribution in [1.82, 2.24) is 10.3 Å². The van der Waals surface area contributed by atoms with Gasteiger partial charge >= 0.3 is 0 Å². The van der Waals surface area contributed by atoms with Gasteiger partial charge in [-0.05, 0) is 59.3 Å². The van der Waals surface area contributed by atoms with Crippen LogP contribution in [0.25, 0.3) is 17.0 Å². The molecule has 1 fully saturated rings. The van der Waals surface area contributed by atoms with Crippen molar-refractivity contribution >= 4 is 39.9 Å². The molecule has 6 nitrogen and oxygen atoms in total. The normalized spacial score (nSPS) is 15.2. The maximum atomic E-state index is 11.6. The minimum absolute atomic E-state index is 0.342. The third-order valence-electron chi connectivity index (χ3n) is 4.43. The standard InChI is InChI=1S/C21H18N2O4S/c1-26-16-6-7-18-17(11-16)14(12-22-18)8-9-27-15-4-2-13(3-5-15)10-19-20(24)23-21(25)28-19/h2-7,10-12,22H,8-9H2,1H3,(H,23,24,25)/b19-10-. The van der Waals surface area contributed by atoms with Crippen molar-refractivity contribution in [2.24, 2.45) is 0 Å². The summed E-state index contributed by atoms with van der Waals surface area (Å²) in [7, 11) is 1.66. The largest absolute Gasteiger partial charge is 0.497 e. The van der Waals surface area contributed by atoms with E-state index in [0.717, 1.165) is 46.1 Å². The number of aromatic amines is 1. The summed E-state index contributed by atoms with van der Waals surface area (Å²) in [4.78, 5) is 26.4. The number of ether oxygens (including phenoxy) is 2. The number of benzene rings is 2. The Morgan fingerprint density at radius 2 is 1.86 bits per heavy atom. The van der Waals surface area contributed by atoms with Crippen LogP contribution in [0.3, 0.4) is 0 Å². The Bertz CT molecular complexity index is 1070. The van der Waals surface area contributed by atoms with Gasteiger partial charge < -0.3 is 14.5 Å². The van der Waals surface area contributed by atoms with Crippen LogP contribution in [0.15, 0.2) is 53.6 Å². The van der Waals surface area contributed by atoms with Crippen molar-refractivity contribution in [3.63, 3.8) is 0 Å². The molecule has 2 heterocycles. The first kappa shape index (κ1) is 18.2. The second kappa shape index (κ2) is 7.82. The van der Waals surface area contributed by atoms with Crippen LogP contribution in [0.4, 0.5) is 4.79 Å². The molecule has 0 saturated carbocycles. The zero-order chi connectivity index (χ0) is 19.5. The summed E-state index contributed by atoms with van der Waals surface area (Å²) in [6, 6.07) is 13.4. The molecule has 0 bridgehead atoms. The van der Waals surface area contributed by atoms with Gasteiger partial charge in [-0.1, -0.05) is 12.1 Å². The van der Waals surface area contributed by atoms with Crippen LogP contribution in [0.1, 0.15) is 11.1 Å². The first-order chi connectivity index (χ1) is 13.6. The average Bonchev–Trinajstić information content (AvgIpc) is 3.25. The van der Waals surface area contributed by atoms with E-state index >= 15 is 0 Å². The maximum absolute atomic E-state index is 11.6. The predicted octanol–water partition coefficient (Wildman–Crippen LogP) is 4.12. The van der Waals surface area contributed by atoms with E-state index in [0.29, 0.717) is 11.5 Å². The number of imide groups is 1. The van der Waals surface area contributed by atoms with E-state index < -0.39 is 0 Å². The summed E-state index contributed by atoms with van der Waals surface area (Å²) < 4.78 is 11.1. The number of hydrogen-bond acceptors (Lipinski definition) is 5. The van der Waals surface area contributed by atoms with Gasteiger partial charge in [-0.25, -0.2) is 0 Å². The molecule has 7 heteroatoms. The van der Waals surface area contributed by atoms with Gasteiger partial charge in [0.1, 0.15) is 11.5 Å². The lowest BCUT2D eigenvalue weighted by Crippen LogP contribution is -2.17. The molecular weight excluding hydrogens is 376 g/mol. The van der Waals surface area contributed by atoms with Crippen molar-refractivity contribution < 1.29 is 19.1 Å². The highest BCUT2D eigenvalue weighted by Crippen LogP contribution is 2.27. The molecule has 1 aromatic heterocycles. The van der Waals surface area contributed by atoms with Gasteiger partial charge in [-0.2, -0.15) is 0 Å². The molecule has 0 unspecified atom stereocenters. The molecule has 28 heavy (non-hydrogen) atoms. The Hall–Kier alpha value is -3.19. The molecular formula is C21H18N2O4S. The van der Waals surface area contributed by atoms with E-state index in [9.17, 15) is 9.59 Å². The molecule has 0 radical (unpaired) electrons. The highest BCUT2D eigenvalue weighted by atomic mass is 32.2. The van der Waals surface area contributed by atoms with Crippen LogP contribution < -0.4 is 14.8 Å². The van der Waals surface area contributed by atoms with Crippen molar-refractivity contribution in [1.29, 1.82) is 0 Å². The molecule has 3 aromatic rings. The molecule has 0 spiro atoms. The number of rotatable bonds is 6. The van der Waals surface area contributed by atoms with Gasteiger partial charge in [0, 0.05) is 23.5 Å². The minimum atomic E-state index is -0.356. The molecule has 2 N–H and O–H groups in total. The summed E-state index contributed by atoms with van der Waals surface area (Å²) in [5.41, 5.74) is 3.08. The number of carbonyl (C=O) groups is 2. The maximum Gasteiger partial charge on any atom is 0.290 e.